The molecule has 0 atom stereocenters. The number of carbonyl (C=O) groups is 1. The second kappa shape index (κ2) is 4.90. The van der Waals surface area contributed by atoms with E-state index in [1.54, 1.807) is 11.0 Å². The Labute approximate surface area is 122 Å². The topological polar surface area (TPSA) is 66.6 Å². The van der Waals surface area contributed by atoms with Crippen LogP contribution in [0.25, 0.3) is 0 Å². The van der Waals surface area contributed by atoms with Crippen LogP contribution in [0.4, 0.5) is 10.4 Å². The van der Waals surface area contributed by atoms with Gasteiger partial charge < -0.3 is 14.4 Å². The summed E-state index contributed by atoms with van der Waals surface area (Å²) in [5.74, 6) is -1.45. The van der Waals surface area contributed by atoms with E-state index < -0.39 is 5.97 Å². The average molecular weight is 341 g/mol. The molecule has 0 saturated carbocycles. The van der Waals surface area contributed by atoms with Gasteiger partial charge in [0.2, 0.25) is 0 Å². The Kier molecular flexibility index (Phi) is 3.21. The minimum atomic E-state index is -1.13. The van der Waals surface area contributed by atoms with Crippen LogP contribution in [0.5, 0.6) is 0 Å². The van der Waals surface area contributed by atoms with Crippen molar-refractivity contribution < 1.29 is 18.7 Å². The number of aromatic nitrogens is 1. The van der Waals surface area contributed by atoms with Crippen LogP contribution in [0.3, 0.4) is 0 Å². The van der Waals surface area contributed by atoms with Crippen LogP contribution < -0.4 is 4.90 Å². The van der Waals surface area contributed by atoms with Crippen LogP contribution in [0.15, 0.2) is 27.3 Å². The van der Waals surface area contributed by atoms with Crippen molar-refractivity contribution >= 4 is 27.9 Å². The molecule has 0 aliphatic carbocycles. The van der Waals surface area contributed by atoms with E-state index in [1.165, 1.54) is 6.07 Å². The van der Waals surface area contributed by atoms with Crippen LogP contribution >= 0.6 is 15.9 Å². The number of fused-ring (bicyclic) bond motifs is 1. The standard InChI is InChI=1S/C13H10BrFN2O3/c14-9-3-7-1-2-17(5-8(7)4-10(9)15)13-16-11(6-20-13)12(18)19/h3-4,6H,1-2,5H2,(H,18,19). The van der Waals surface area contributed by atoms with Crippen molar-refractivity contribution in [2.24, 2.45) is 0 Å². The monoisotopic (exact) mass is 340 g/mol. The second-order valence-electron chi connectivity index (χ2n) is 4.53. The van der Waals surface area contributed by atoms with Gasteiger partial charge in [-0.2, -0.15) is 4.98 Å². The van der Waals surface area contributed by atoms with Gasteiger partial charge in [0.25, 0.3) is 6.01 Å². The molecule has 1 aliphatic heterocycles. The summed E-state index contributed by atoms with van der Waals surface area (Å²) in [6, 6.07) is 3.50. The summed E-state index contributed by atoms with van der Waals surface area (Å²) < 4.78 is 19.2. The lowest BCUT2D eigenvalue weighted by Gasteiger charge is -2.27. The summed E-state index contributed by atoms with van der Waals surface area (Å²) in [5.41, 5.74) is 1.79. The molecule has 5 nitrogen and oxygen atoms in total. The Morgan fingerprint density at radius 3 is 2.95 bits per heavy atom. The summed E-state index contributed by atoms with van der Waals surface area (Å²) in [5, 5.41) is 8.83. The molecule has 0 amide bonds. The number of oxazole rings is 1. The Morgan fingerprint density at radius 2 is 2.25 bits per heavy atom. The highest BCUT2D eigenvalue weighted by Crippen LogP contribution is 2.28. The summed E-state index contributed by atoms with van der Waals surface area (Å²) >= 11 is 3.17. The lowest BCUT2D eigenvalue weighted by Crippen LogP contribution is -2.30. The summed E-state index contributed by atoms with van der Waals surface area (Å²) in [7, 11) is 0. The van der Waals surface area contributed by atoms with Crippen LogP contribution in [-0.2, 0) is 13.0 Å². The van der Waals surface area contributed by atoms with Crippen LogP contribution in [0.1, 0.15) is 21.6 Å². The molecule has 3 rings (SSSR count). The van der Waals surface area contributed by atoms with E-state index in [9.17, 15) is 9.18 Å². The van der Waals surface area contributed by atoms with Gasteiger partial charge in [0.15, 0.2) is 5.69 Å². The molecule has 1 aromatic heterocycles. The number of halogens is 2. The molecule has 0 saturated heterocycles. The minimum Gasteiger partial charge on any atom is -0.476 e. The van der Waals surface area contributed by atoms with Crippen molar-refractivity contribution in [3.05, 3.63) is 45.5 Å². The van der Waals surface area contributed by atoms with Gasteiger partial charge in [-0.05, 0) is 45.6 Å². The maximum absolute atomic E-state index is 13.6. The highest BCUT2D eigenvalue weighted by molar-refractivity contribution is 9.10. The number of carboxylic acid groups (broad SMARTS) is 1. The molecule has 0 radical (unpaired) electrons. The van der Waals surface area contributed by atoms with Gasteiger partial charge in [0.1, 0.15) is 12.1 Å². The Hall–Kier alpha value is -1.89. The van der Waals surface area contributed by atoms with Gasteiger partial charge in [0.05, 0.1) is 4.47 Å². The molecule has 0 spiro atoms. The second-order valence-corrected chi connectivity index (χ2v) is 5.38. The smallest absolute Gasteiger partial charge is 0.357 e. The van der Waals surface area contributed by atoms with Gasteiger partial charge in [-0.3, -0.25) is 0 Å². The molecule has 20 heavy (non-hydrogen) atoms. The van der Waals surface area contributed by atoms with Crippen molar-refractivity contribution in [2.75, 3.05) is 11.4 Å². The molecule has 1 N–H and O–H groups in total. The third-order valence-corrected chi connectivity index (χ3v) is 3.84. The molecule has 0 fully saturated rings. The molecule has 7 heteroatoms. The normalized spacial score (nSPS) is 14.2. The Balaban J connectivity index is 1.87. The minimum absolute atomic E-state index is 0.132. The Morgan fingerprint density at radius 1 is 1.45 bits per heavy atom. The van der Waals surface area contributed by atoms with E-state index in [2.05, 4.69) is 20.9 Å². The van der Waals surface area contributed by atoms with Crippen molar-refractivity contribution in [2.45, 2.75) is 13.0 Å². The van der Waals surface area contributed by atoms with Gasteiger partial charge in [-0.25, -0.2) is 9.18 Å². The Bertz CT molecular complexity index is 686. The SMILES string of the molecule is O=C(O)c1coc(N2CCc3cc(Br)c(F)cc3C2)n1. The fraction of sp³-hybridized carbons (Fsp3) is 0.231. The molecule has 2 aromatic rings. The first kappa shape index (κ1) is 13.1. The molecule has 0 bridgehead atoms. The van der Waals surface area contributed by atoms with Crippen molar-refractivity contribution in [1.82, 2.24) is 4.98 Å². The molecular weight excluding hydrogens is 331 g/mol. The zero-order valence-electron chi connectivity index (χ0n) is 10.3. The number of anilines is 1. The van der Waals surface area contributed by atoms with Crippen molar-refractivity contribution in [3.63, 3.8) is 0 Å². The first-order valence-corrected chi connectivity index (χ1v) is 6.74. The van der Waals surface area contributed by atoms with Crippen molar-refractivity contribution in [3.8, 4) is 0 Å². The van der Waals surface area contributed by atoms with E-state index in [-0.39, 0.29) is 17.5 Å². The fourth-order valence-corrected chi connectivity index (χ4v) is 2.61. The van der Waals surface area contributed by atoms with Crippen LogP contribution in [-0.4, -0.2) is 22.6 Å². The maximum Gasteiger partial charge on any atom is 0.357 e. The largest absolute Gasteiger partial charge is 0.476 e. The van der Waals surface area contributed by atoms with E-state index in [0.717, 1.165) is 23.8 Å². The number of rotatable bonds is 2. The van der Waals surface area contributed by atoms with E-state index in [4.69, 9.17) is 9.52 Å². The highest BCUT2D eigenvalue weighted by Gasteiger charge is 2.22. The number of benzene rings is 1. The lowest BCUT2D eigenvalue weighted by atomic mass is 10.00. The van der Waals surface area contributed by atoms with Crippen LogP contribution in [0.2, 0.25) is 0 Å². The first-order chi connectivity index (χ1) is 9.54. The zero-order chi connectivity index (χ0) is 14.3. The van der Waals surface area contributed by atoms with E-state index in [0.29, 0.717) is 17.6 Å². The molecule has 2 heterocycles. The number of aromatic carboxylic acids is 1. The quantitative estimate of drug-likeness (QED) is 0.910. The van der Waals surface area contributed by atoms with Gasteiger partial charge in [-0.1, -0.05) is 0 Å². The molecule has 0 unspecified atom stereocenters. The van der Waals surface area contributed by atoms with Crippen LogP contribution in [0, 0.1) is 5.82 Å². The highest BCUT2D eigenvalue weighted by atomic mass is 79.9. The van der Waals surface area contributed by atoms with Gasteiger partial charge >= 0.3 is 5.97 Å². The zero-order valence-corrected chi connectivity index (χ0v) is 11.9. The van der Waals surface area contributed by atoms with E-state index in [1.807, 2.05) is 0 Å². The third kappa shape index (κ3) is 2.29. The summed E-state index contributed by atoms with van der Waals surface area (Å²) in [4.78, 5) is 16.5. The number of hydrogen-bond donors (Lipinski definition) is 1. The number of hydrogen-bond acceptors (Lipinski definition) is 4. The number of nitrogens with zero attached hydrogens (tertiary/aromatic N) is 2. The fourth-order valence-electron chi connectivity index (χ4n) is 2.22. The number of carboxylic acids is 1. The summed E-state index contributed by atoms with van der Waals surface area (Å²) in [6.07, 6.45) is 1.83. The molecule has 1 aromatic carbocycles. The predicted octanol–water partition coefficient (Wildman–Crippen LogP) is 2.84. The average Bonchev–Trinajstić information content (AvgIpc) is 2.89. The third-order valence-electron chi connectivity index (χ3n) is 3.24. The van der Waals surface area contributed by atoms with Gasteiger partial charge in [0, 0.05) is 13.1 Å². The maximum atomic E-state index is 13.6. The first-order valence-electron chi connectivity index (χ1n) is 5.95. The molecule has 1 aliphatic rings. The molecular formula is C13H10BrFN2O3. The lowest BCUT2D eigenvalue weighted by molar-refractivity contribution is 0.0690. The summed E-state index contributed by atoms with van der Waals surface area (Å²) in [6.45, 7) is 1.09. The van der Waals surface area contributed by atoms with Crippen molar-refractivity contribution in [1.29, 1.82) is 0 Å². The van der Waals surface area contributed by atoms with E-state index >= 15 is 0 Å². The van der Waals surface area contributed by atoms with Gasteiger partial charge in [-0.15, -0.1) is 0 Å². The molecule has 104 valence electrons. The predicted molar refractivity (Wildman–Crippen MR) is 72.3 cm³/mol.